The Labute approximate surface area is 140 Å². The summed E-state index contributed by atoms with van der Waals surface area (Å²) in [7, 11) is 0. The maximum absolute atomic E-state index is 6.33. The van der Waals surface area contributed by atoms with Crippen LogP contribution < -0.4 is 0 Å². The molecule has 1 aliphatic carbocycles. The van der Waals surface area contributed by atoms with E-state index < -0.39 is 10.3 Å². The Morgan fingerprint density at radius 1 is 1.06 bits per heavy atom. The lowest BCUT2D eigenvalue weighted by molar-refractivity contribution is 0.719. The molecule has 0 radical (unpaired) electrons. The van der Waals surface area contributed by atoms with Gasteiger partial charge in [-0.1, -0.05) is 58.0 Å². The van der Waals surface area contributed by atoms with Crippen molar-refractivity contribution in [1.29, 1.82) is 0 Å². The van der Waals surface area contributed by atoms with Gasteiger partial charge in [0.25, 0.3) is 0 Å². The zero-order valence-electron chi connectivity index (χ0n) is 8.80. The number of benzene rings is 1. The fraction of sp³-hybridized carbons (Fsp3) is 0.273. The Hall–Kier alpha value is 0.990. The molecular formula is C11H5Cl7. The van der Waals surface area contributed by atoms with Crippen molar-refractivity contribution in [2.24, 2.45) is 0 Å². The van der Waals surface area contributed by atoms with Gasteiger partial charge in [0.15, 0.2) is 0 Å². The number of hydrogen-bond donors (Lipinski definition) is 0. The zero-order chi connectivity index (χ0) is 13.8. The van der Waals surface area contributed by atoms with Crippen LogP contribution in [0.2, 0.25) is 15.1 Å². The molecule has 7 heteroatoms. The second-order valence-corrected chi connectivity index (χ2v) is 7.16. The highest BCUT2D eigenvalue weighted by molar-refractivity contribution is 6.60. The Balaban J connectivity index is 2.86. The van der Waals surface area contributed by atoms with E-state index in [1.54, 1.807) is 13.0 Å². The minimum absolute atomic E-state index is 0.210. The van der Waals surface area contributed by atoms with E-state index in [1.165, 1.54) is 0 Å². The quantitative estimate of drug-likeness (QED) is 0.331. The first-order valence-electron chi connectivity index (χ1n) is 4.76. The van der Waals surface area contributed by atoms with Gasteiger partial charge in [-0.15, -0.1) is 23.2 Å². The van der Waals surface area contributed by atoms with Crippen LogP contribution in [0.25, 0.3) is 5.03 Å². The number of alkyl halides is 2. The maximum Gasteiger partial charge on any atom is 0.0991 e. The van der Waals surface area contributed by atoms with Crippen molar-refractivity contribution < 1.29 is 0 Å². The number of halogens is 7. The van der Waals surface area contributed by atoms with Gasteiger partial charge in [-0.25, -0.2) is 0 Å². The number of allylic oxidation sites excluding steroid dienone is 1. The van der Waals surface area contributed by atoms with Gasteiger partial charge in [0, 0.05) is 5.56 Å². The van der Waals surface area contributed by atoms with Gasteiger partial charge >= 0.3 is 0 Å². The summed E-state index contributed by atoms with van der Waals surface area (Å²) < 4.78 is 0. The zero-order valence-corrected chi connectivity index (χ0v) is 14.1. The van der Waals surface area contributed by atoms with Crippen molar-refractivity contribution >= 4 is 86.2 Å². The highest BCUT2D eigenvalue weighted by Crippen LogP contribution is 2.56. The predicted molar refractivity (Wildman–Crippen MR) is 83.0 cm³/mol. The van der Waals surface area contributed by atoms with Gasteiger partial charge in [0.2, 0.25) is 0 Å². The molecule has 0 spiro atoms. The molecule has 0 nitrogen and oxygen atoms in total. The average Bonchev–Trinajstić information content (AvgIpc) is 2.31. The van der Waals surface area contributed by atoms with Gasteiger partial charge in [-0.2, -0.15) is 0 Å². The molecule has 2 atom stereocenters. The van der Waals surface area contributed by atoms with Crippen molar-refractivity contribution in [3.8, 4) is 0 Å². The summed E-state index contributed by atoms with van der Waals surface area (Å²) in [6.45, 7) is 1.68. The molecule has 2 rings (SSSR count). The van der Waals surface area contributed by atoms with Crippen molar-refractivity contribution in [3.05, 3.63) is 37.3 Å². The summed E-state index contributed by atoms with van der Waals surface area (Å²) in [5, 5.41) is 0.586. The number of fused-ring (bicyclic) bond motifs is 1. The molecule has 1 aliphatic rings. The van der Waals surface area contributed by atoms with E-state index in [0.717, 1.165) is 0 Å². The van der Waals surface area contributed by atoms with Crippen molar-refractivity contribution in [2.75, 3.05) is 0 Å². The van der Waals surface area contributed by atoms with E-state index in [0.29, 0.717) is 16.1 Å². The average molecular weight is 385 g/mol. The van der Waals surface area contributed by atoms with E-state index in [2.05, 4.69) is 0 Å². The molecular weight excluding hydrogens is 380 g/mol. The molecule has 0 aliphatic heterocycles. The molecule has 0 N–H and O–H groups in total. The minimum atomic E-state index is -1.02. The lowest BCUT2D eigenvalue weighted by atomic mass is 9.89. The molecule has 2 unspecified atom stereocenters. The molecule has 1 aromatic carbocycles. The normalized spacial score (nSPS) is 27.4. The summed E-state index contributed by atoms with van der Waals surface area (Å²) in [4.78, 5) is -1.02. The largest absolute Gasteiger partial charge is 0.115 e. The Kier molecular flexibility index (Phi) is 4.34. The molecule has 98 valence electrons. The predicted octanol–water partition coefficient (Wildman–Crippen LogP) is 7.08. The van der Waals surface area contributed by atoms with Crippen LogP contribution in [0.15, 0.2) is 11.1 Å². The van der Waals surface area contributed by atoms with E-state index in [1.807, 2.05) is 0 Å². The molecule has 1 aromatic rings. The molecule has 18 heavy (non-hydrogen) atoms. The highest BCUT2D eigenvalue weighted by Gasteiger charge is 2.43. The fourth-order valence-electron chi connectivity index (χ4n) is 1.76. The first-order valence-corrected chi connectivity index (χ1v) is 7.46. The number of hydrogen-bond acceptors (Lipinski definition) is 0. The smallest absolute Gasteiger partial charge is 0.0991 e. The topological polar surface area (TPSA) is 0 Å². The summed E-state index contributed by atoms with van der Waals surface area (Å²) in [6.07, 6.45) is 0. The standard InChI is InChI=1S/C11H5Cl7/c1-11(18)9(16)3-2-4(12)6(13)7(14)5(3)8(15)10(11)17/h2,9H,1H3. The molecule has 0 aromatic heterocycles. The SMILES string of the molecule is CC1(Cl)C(Cl)=C(Cl)c2c(cc(Cl)c(Cl)c2Cl)C1Cl. The molecule has 0 saturated heterocycles. The summed E-state index contributed by atoms with van der Waals surface area (Å²) >= 11 is 43.1. The van der Waals surface area contributed by atoms with Crippen LogP contribution in [0.5, 0.6) is 0 Å². The van der Waals surface area contributed by atoms with Gasteiger partial charge < -0.3 is 0 Å². The summed E-state index contributed by atoms with van der Waals surface area (Å²) in [6, 6.07) is 1.61. The monoisotopic (exact) mass is 382 g/mol. The van der Waals surface area contributed by atoms with E-state index in [-0.39, 0.29) is 20.1 Å². The lowest BCUT2D eigenvalue weighted by Crippen LogP contribution is -2.28. The first-order chi connectivity index (χ1) is 8.19. The van der Waals surface area contributed by atoms with E-state index in [9.17, 15) is 0 Å². The molecule has 0 amide bonds. The third-order valence-electron chi connectivity index (χ3n) is 2.78. The molecule has 0 bridgehead atoms. The Morgan fingerprint density at radius 2 is 1.61 bits per heavy atom. The van der Waals surface area contributed by atoms with Crippen LogP contribution >= 0.6 is 81.2 Å². The van der Waals surface area contributed by atoms with Gasteiger partial charge in [0.05, 0.1) is 35.4 Å². The Morgan fingerprint density at radius 3 is 2.17 bits per heavy atom. The van der Waals surface area contributed by atoms with Crippen LogP contribution in [-0.4, -0.2) is 4.87 Å². The fourth-order valence-corrected chi connectivity index (χ4v) is 3.73. The molecule has 0 heterocycles. The van der Waals surface area contributed by atoms with E-state index >= 15 is 0 Å². The minimum Gasteiger partial charge on any atom is -0.115 e. The van der Waals surface area contributed by atoms with Crippen molar-refractivity contribution in [2.45, 2.75) is 17.2 Å². The highest BCUT2D eigenvalue weighted by atomic mass is 35.5. The molecule has 0 fully saturated rings. The third kappa shape index (κ3) is 2.15. The van der Waals surface area contributed by atoms with Crippen molar-refractivity contribution in [1.82, 2.24) is 0 Å². The summed E-state index contributed by atoms with van der Waals surface area (Å²) in [5.41, 5.74) is 1.10. The maximum atomic E-state index is 6.33. The van der Waals surface area contributed by atoms with Gasteiger partial charge in [-0.3, -0.25) is 0 Å². The second-order valence-electron chi connectivity index (χ2n) is 4.02. The van der Waals surface area contributed by atoms with Crippen LogP contribution in [0.3, 0.4) is 0 Å². The third-order valence-corrected chi connectivity index (χ3v) is 6.39. The lowest BCUT2D eigenvalue weighted by Gasteiger charge is -2.34. The van der Waals surface area contributed by atoms with Crippen molar-refractivity contribution in [3.63, 3.8) is 0 Å². The summed E-state index contributed by atoms with van der Waals surface area (Å²) in [5.74, 6) is 0. The van der Waals surface area contributed by atoms with Gasteiger partial charge in [-0.05, 0) is 18.6 Å². The molecule has 0 saturated carbocycles. The second kappa shape index (κ2) is 5.07. The van der Waals surface area contributed by atoms with Crippen LogP contribution in [0.4, 0.5) is 0 Å². The van der Waals surface area contributed by atoms with Crippen LogP contribution in [0, 0.1) is 0 Å². The van der Waals surface area contributed by atoms with E-state index in [4.69, 9.17) is 81.2 Å². The van der Waals surface area contributed by atoms with Crippen LogP contribution in [-0.2, 0) is 0 Å². The first kappa shape index (κ1) is 15.4. The Bertz CT molecular complexity index is 559. The number of rotatable bonds is 0. The van der Waals surface area contributed by atoms with Gasteiger partial charge in [0.1, 0.15) is 0 Å². The van der Waals surface area contributed by atoms with Crippen LogP contribution in [0.1, 0.15) is 23.4 Å².